The van der Waals surface area contributed by atoms with Crippen LogP contribution in [-0.4, -0.2) is 28.7 Å². The minimum Gasteiger partial charge on any atom is -0.377 e. The molecule has 3 nitrogen and oxygen atoms in total. The fourth-order valence-electron chi connectivity index (χ4n) is 1.50. The zero-order valence-electron chi connectivity index (χ0n) is 8.36. The molecule has 15 heavy (non-hydrogen) atoms. The van der Waals surface area contributed by atoms with E-state index in [2.05, 4.69) is 10.2 Å². The van der Waals surface area contributed by atoms with E-state index < -0.39 is 0 Å². The Kier molecular flexibility index (Phi) is 4.23. The highest BCUT2D eigenvalue weighted by Gasteiger charge is 2.14. The number of hydrogen-bond acceptors (Lipinski definition) is 4. The van der Waals surface area contributed by atoms with E-state index in [1.54, 1.807) is 17.8 Å². The number of hydrogen-bond donors (Lipinski definition) is 0. The van der Waals surface area contributed by atoms with E-state index in [9.17, 15) is 0 Å². The normalized spacial score (nSPS) is 21.5. The summed E-state index contributed by atoms with van der Waals surface area (Å²) in [5.74, 6) is 0.955. The van der Waals surface area contributed by atoms with Crippen LogP contribution in [0.15, 0.2) is 17.2 Å². The molecule has 1 aliphatic heterocycles. The van der Waals surface area contributed by atoms with Crippen molar-refractivity contribution < 1.29 is 4.74 Å². The molecular formula is C10H13ClN2OS. The topological polar surface area (TPSA) is 35.0 Å². The Morgan fingerprint density at radius 1 is 1.40 bits per heavy atom. The highest BCUT2D eigenvalue weighted by Crippen LogP contribution is 2.22. The molecule has 0 spiro atoms. The van der Waals surface area contributed by atoms with Gasteiger partial charge in [-0.25, -0.2) is 0 Å². The summed E-state index contributed by atoms with van der Waals surface area (Å²) >= 11 is 7.33. The summed E-state index contributed by atoms with van der Waals surface area (Å²) in [5, 5.41) is 9.13. The Bertz CT molecular complexity index is 301. The standard InChI is InChI=1S/C10H13ClN2OS/c11-9-4-5-10(13-12-9)15-7-8-3-1-2-6-14-8/h4-5,8H,1-3,6-7H2/t8-/m1/s1. The second kappa shape index (κ2) is 5.68. The Morgan fingerprint density at radius 2 is 2.33 bits per heavy atom. The molecule has 1 aromatic heterocycles. The highest BCUT2D eigenvalue weighted by molar-refractivity contribution is 7.99. The monoisotopic (exact) mass is 244 g/mol. The van der Waals surface area contributed by atoms with Crippen LogP contribution in [0.2, 0.25) is 5.15 Å². The first-order chi connectivity index (χ1) is 7.34. The van der Waals surface area contributed by atoms with Crippen LogP contribution in [0.5, 0.6) is 0 Å². The first-order valence-electron chi connectivity index (χ1n) is 5.08. The third kappa shape index (κ3) is 3.63. The lowest BCUT2D eigenvalue weighted by Crippen LogP contribution is -2.21. The fourth-order valence-corrected chi connectivity index (χ4v) is 2.48. The van der Waals surface area contributed by atoms with Crippen molar-refractivity contribution in [3.63, 3.8) is 0 Å². The van der Waals surface area contributed by atoms with E-state index in [1.807, 2.05) is 6.07 Å². The van der Waals surface area contributed by atoms with Gasteiger partial charge in [0.15, 0.2) is 5.15 Å². The van der Waals surface area contributed by atoms with Gasteiger partial charge in [0.25, 0.3) is 0 Å². The highest BCUT2D eigenvalue weighted by atomic mass is 35.5. The Hall–Kier alpha value is -0.320. The predicted molar refractivity (Wildman–Crippen MR) is 61.4 cm³/mol. The second-order valence-electron chi connectivity index (χ2n) is 3.49. The molecular weight excluding hydrogens is 232 g/mol. The number of nitrogens with zero attached hydrogens (tertiary/aromatic N) is 2. The van der Waals surface area contributed by atoms with Crippen LogP contribution < -0.4 is 0 Å². The molecule has 1 aromatic rings. The smallest absolute Gasteiger partial charge is 0.151 e. The van der Waals surface area contributed by atoms with Crippen molar-refractivity contribution in [3.8, 4) is 0 Å². The quantitative estimate of drug-likeness (QED) is 0.766. The Morgan fingerprint density at radius 3 is 3.00 bits per heavy atom. The van der Waals surface area contributed by atoms with Crippen molar-refractivity contribution >= 4 is 23.4 Å². The van der Waals surface area contributed by atoms with Gasteiger partial charge in [-0.15, -0.1) is 22.0 Å². The van der Waals surface area contributed by atoms with E-state index in [-0.39, 0.29) is 0 Å². The summed E-state index contributed by atoms with van der Waals surface area (Å²) < 4.78 is 5.63. The van der Waals surface area contributed by atoms with Crippen molar-refractivity contribution in [2.24, 2.45) is 0 Å². The zero-order chi connectivity index (χ0) is 10.5. The van der Waals surface area contributed by atoms with E-state index in [4.69, 9.17) is 16.3 Å². The van der Waals surface area contributed by atoms with Crippen LogP contribution in [0.3, 0.4) is 0 Å². The van der Waals surface area contributed by atoms with E-state index in [1.165, 1.54) is 12.8 Å². The van der Waals surface area contributed by atoms with Crippen LogP contribution in [-0.2, 0) is 4.74 Å². The van der Waals surface area contributed by atoms with Crippen molar-refractivity contribution in [1.29, 1.82) is 0 Å². The minimum atomic E-state index is 0.376. The van der Waals surface area contributed by atoms with Gasteiger partial charge in [0.1, 0.15) is 5.03 Å². The number of aromatic nitrogens is 2. The van der Waals surface area contributed by atoms with Gasteiger partial charge in [-0.05, 0) is 31.4 Å². The van der Waals surface area contributed by atoms with Crippen LogP contribution in [0.25, 0.3) is 0 Å². The van der Waals surface area contributed by atoms with Crippen molar-refractivity contribution in [3.05, 3.63) is 17.3 Å². The number of thioether (sulfide) groups is 1. The van der Waals surface area contributed by atoms with E-state index in [0.717, 1.165) is 23.8 Å². The van der Waals surface area contributed by atoms with Gasteiger partial charge in [-0.2, -0.15) is 0 Å². The molecule has 0 amide bonds. The lowest BCUT2D eigenvalue weighted by Gasteiger charge is -2.21. The molecule has 1 saturated heterocycles. The first kappa shape index (κ1) is 11.2. The molecule has 5 heteroatoms. The van der Waals surface area contributed by atoms with Gasteiger partial charge in [-0.1, -0.05) is 11.6 Å². The second-order valence-corrected chi connectivity index (χ2v) is 4.92. The molecule has 82 valence electrons. The molecule has 0 aliphatic carbocycles. The average Bonchev–Trinajstić information content (AvgIpc) is 2.30. The molecule has 2 rings (SSSR count). The summed E-state index contributed by atoms with van der Waals surface area (Å²) in [6, 6.07) is 3.65. The minimum absolute atomic E-state index is 0.376. The van der Waals surface area contributed by atoms with Crippen LogP contribution in [0.1, 0.15) is 19.3 Å². The number of rotatable bonds is 3. The third-order valence-corrected chi connectivity index (χ3v) is 3.55. The van der Waals surface area contributed by atoms with Crippen LogP contribution in [0.4, 0.5) is 0 Å². The lowest BCUT2D eigenvalue weighted by atomic mass is 10.1. The molecule has 1 atom stereocenters. The molecule has 0 aromatic carbocycles. The van der Waals surface area contributed by atoms with Crippen molar-refractivity contribution in [2.75, 3.05) is 12.4 Å². The Labute approximate surface area is 98.6 Å². The maximum absolute atomic E-state index is 5.65. The summed E-state index contributed by atoms with van der Waals surface area (Å²) in [4.78, 5) is 0. The molecule has 0 unspecified atom stereocenters. The maximum Gasteiger partial charge on any atom is 0.151 e. The molecule has 0 saturated carbocycles. The Balaban J connectivity index is 1.79. The van der Waals surface area contributed by atoms with Gasteiger partial charge in [-0.3, -0.25) is 0 Å². The molecule has 1 aliphatic rings. The first-order valence-corrected chi connectivity index (χ1v) is 6.44. The van der Waals surface area contributed by atoms with Crippen LogP contribution >= 0.6 is 23.4 Å². The lowest BCUT2D eigenvalue weighted by molar-refractivity contribution is 0.0315. The molecule has 0 N–H and O–H groups in total. The average molecular weight is 245 g/mol. The van der Waals surface area contributed by atoms with Crippen molar-refractivity contribution in [2.45, 2.75) is 30.4 Å². The largest absolute Gasteiger partial charge is 0.377 e. The van der Waals surface area contributed by atoms with Crippen molar-refractivity contribution in [1.82, 2.24) is 10.2 Å². The number of halogens is 1. The summed E-state index contributed by atoms with van der Waals surface area (Å²) in [6.45, 7) is 0.900. The number of ether oxygens (including phenoxy) is 1. The van der Waals surface area contributed by atoms with E-state index >= 15 is 0 Å². The fraction of sp³-hybridized carbons (Fsp3) is 0.600. The molecule has 1 fully saturated rings. The maximum atomic E-state index is 5.65. The molecule has 2 heterocycles. The van der Waals surface area contributed by atoms with Gasteiger partial charge in [0, 0.05) is 12.4 Å². The molecule has 0 bridgehead atoms. The summed E-state index contributed by atoms with van der Waals surface area (Å²) in [7, 11) is 0. The summed E-state index contributed by atoms with van der Waals surface area (Å²) in [6.07, 6.45) is 4.01. The third-order valence-electron chi connectivity index (χ3n) is 2.30. The van der Waals surface area contributed by atoms with Gasteiger partial charge in [0.2, 0.25) is 0 Å². The van der Waals surface area contributed by atoms with Gasteiger partial charge in [0.05, 0.1) is 6.10 Å². The SMILES string of the molecule is Clc1ccc(SC[C@H]2CCCCO2)nn1. The zero-order valence-corrected chi connectivity index (χ0v) is 9.93. The van der Waals surface area contributed by atoms with E-state index in [0.29, 0.717) is 11.3 Å². The van der Waals surface area contributed by atoms with Gasteiger partial charge < -0.3 is 4.74 Å². The molecule has 0 radical (unpaired) electrons. The van der Waals surface area contributed by atoms with Crippen LogP contribution in [0, 0.1) is 0 Å². The summed E-state index contributed by atoms with van der Waals surface area (Å²) in [5.41, 5.74) is 0. The van der Waals surface area contributed by atoms with Gasteiger partial charge >= 0.3 is 0 Å². The predicted octanol–water partition coefficient (Wildman–Crippen LogP) is 2.79.